The molecule has 0 saturated carbocycles. The fourth-order valence-electron chi connectivity index (χ4n) is 1.61. The Morgan fingerprint density at radius 2 is 2.22 bits per heavy atom. The monoisotopic (exact) mass is 262 g/mol. The molecule has 0 saturated heterocycles. The molecule has 0 unspecified atom stereocenters. The predicted molar refractivity (Wildman–Crippen MR) is 69.7 cm³/mol. The van der Waals surface area contributed by atoms with E-state index in [-0.39, 0.29) is 11.6 Å². The summed E-state index contributed by atoms with van der Waals surface area (Å²) in [5, 5.41) is 9.64. The molecule has 0 bridgehead atoms. The third kappa shape index (κ3) is 2.26. The van der Waals surface area contributed by atoms with E-state index in [0.717, 1.165) is 11.5 Å². The van der Waals surface area contributed by atoms with Gasteiger partial charge in [-0.1, -0.05) is 18.2 Å². The van der Waals surface area contributed by atoms with Gasteiger partial charge in [0.2, 0.25) is 0 Å². The first-order chi connectivity index (χ1) is 8.63. The first-order valence-corrected chi connectivity index (χ1v) is 6.00. The molecule has 18 heavy (non-hydrogen) atoms. The van der Waals surface area contributed by atoms with E-state index < -0.39 is 0 Å². The fourth-order valence-corrected chi connectivity index (χ4v) is 2.33. The molecule has 4 nitrogen and oxygen atoms in total. The Morgan fingerprint density at radius 3 is 2.89 bits per heavy atom. The summed E-state index contributed by atoms with van der Waals surface area (Å²) in [7, 11) is 1.78. The Morgan fingerprint density at radius 1 is 1.50 bits per heavy atom. The van der Waals surface area contributed by atoms with Crippen LogP contribution in [0.1, 0.15) is 11.1 Å². The van der Waals surface area contributed by atoms with Crippen molar-refractivity contribution in [2.24, 2.45) is 0 Å². The first kappa shape index (κ1) is 12.3. The highest BCUT2D eigenvalue weighted by Gasteiger charge is 2.15. The lowest BCUT2D eigenvalue weighted by Gasteiger charge is -2.17. The Kier molecular flexibility index (Phi) is 3.44. The molecular formula is C12H11FN4S. The largest absolute Gasteiger partial charge is 0.382 e. The minimum Gasteiger partial charge on any atom is -0.382 e. The third-order valence-corrected chi connectivity index (χ3v) is 3.50. The Balaban J connectivity index is 2.25. The van der Waals surface area contributed by atoms with E-state index in [0.29, 0.717) is 22.7 Å². The van der Waals surface area contributed by atoms with Gasteiger partial charge >= 0.3 is 0 Å². The van der Waals surface area contributed by atoms with Crippen molar-refractivity contribution in [2.75, 3.05) is 17.7 Å². The van der Waals surface area contributed by atoms with Crippen molar-refractivity contribution in [3.63, 3.8) is 0 Å². The van der Waals surface area contributed by atoms with Gasteiger partial charge in [0.05, 0.1) is 0 Å². The van der Waals surface area contributed by atoms with Crippen molar-refractivity contribution in [3.05, 3.63) is 41.2 Å². The molecule has 0 aliphatic heterocycles. The second kappa shape index (κ2) is 5.02. The summed E-state index contributed by atoms with van der Waals surface area (Å²) >= 11 is 1.14. The lowest BCUT2D eigenvalue weighted by Crippen LogP contribution is -2.17. The summed E-state index contributed by atoms with van der Waals surface area (Å²) in [6.45, 7) is 0.364. The maximum atomic E-state index is 13.5. The van der Waals surface area contributed by atoms with Crippen LogP contribution in [0.2, 0.25) is 0 Å². The van der Waals surface area contributed by atoms with E-state index in [4.69, 9.17) is 11.0 Å². The zero-order valence-electron chi connectivity index (χ0n) is 9.72. The van der Waals surface area contributed by atoms with Gasteiger partial charge < -0.3 is 10.6 Å². The molecule has 1 aromatic carbocycles. The molecule has 2 aromatic rings. The second-order valence-electron chi connectivity index (χ2n) is 3.81. The highest BCUT2D eigenvalue weighted by atomic mass is 32.1. The van der Waals surface area contributed by atoms with Crippen LogP contribution < -0.4 is 10.6 Å². The summed E-state index contributed by atoms with van der Waals surface area (Å²) in [5.41, 5.74) is 6.50. The van der Waals surface area contributed by atoms with Gasteiger partial charge in [-0.3, -0.25) is 0 Å². The van der Waals surface area contributed by atoms with Gasteiger partial charge in [0.25, 0.3) is 0 Å². The molecule has 0 spiro atoms. The second-order valence-corrected chi connectivity index (χ2v) is 4.56. The highest BCUT2D eigenvalue weighted by Crippen LogP contribution is 2.29. The van der Waals surface area contributed by atoms with Gasteiger partial charge in [0, 0.05) is 19.2 Å². The molecule has 0 radical (unpaired) electrons. The zero-order valence-corrected chi connectivity index (χ0v) is 10.5. The number of halogens is 1. The molecule has 6 heteroatoms. The van der Waals surface area contributed by atoms with Crippen molar-refractivity contribution in [1.29, 1.82) is 5.26 Å². The van der Waals surface area contributed by atoms with E-state index in [1.165, 1.54) is 6.07 Å². The molecule has 0 aliphatic rings. The number of nitrogens with zero attached hydrogens (tertiary/aromatic N) is 3. The normalized spacial score (nSPS) is 10.1. The molecule has 92 valence electrons. The number of rotatable bonds is 3. The minimum atomic E-state index is -0.264. The molecule has 2 rings (SSSR count). The van der Waals surface area contributed by atoms with E-state index in [9.17, 15) is 4.39 Å². The summed E-state index contributed by atoms with van der Waals surface area (Å²) in [5.74, 6) is -0.0433. The van der Waals surface area contributed by atoms with Gasteiger partial charge in [0.15, 0.2) is 5.82 Å². The van der Waals surface area contributed by atoms with Crippen LogP contribution in [0.3, 0.4) is 0 Å². The average Bonchev–Trinajstić information content (AvgIpc) is 2.73. The molecule has 0 aliphatic carbocycles. The van der Waals surface area contributed by atoms with Crippen LogP contribution in [0.4, 0.5) is 15.2 Å². The van der Waals surface area contributed by atoms with Crippen LogP contribution >= 0.6 is 11.5 Å². The van der Waals surface area contributed by atoms with Crippen LogP contribution in [-0.4, -0.2) is 11.4 Å². The molecule has 0 amide bonds. The van der Waals surface area contributed by atoms with Gasteiger partial charge in [-0.05, 0) is 17.6 Å². The van der Waals surface area contributed by atoms with Crippen molar-refractivity contribution in [1.82, 2.24) is 4.37 Å². The fraction of sp³-hybridized carbons (Fsp3) is 0.167. The van der Waals surface area contributed by atoms with Crippen LogP contribution in [-0.2, 0) is 6.54 Å². The zero-order chi connectivity index (χ0) is 13.1. The number of nitrogens with two attached hydrogens (primary N) is 1. The third-order valence-electron chi connectivity index (χ3n) is 2.52. The Labute approximate surface area is 108 Å². The molecule has 2 N–H and O–H groups in total. The number of nitriles is 1. The van der Waals surface area contributed by atoms with Crippen LogP contribution in [0.5, 0.6) is 0 Å². The summed E-state index contributed by atoms with van der Waals surface area (Å²) in [6.07, 6.45) is 0. The molecule has 1 aromatic heterocycles. The van der Waals surface area contributed by atoms with Gasteiger partial charge in [-0.25, -0.2) is 4.39 Å². The summed E-state index contributed by atoms with van der Waals surface area (Å²) in [6, 6.07) is 8.55. The number of anilines is 2. The molecule has 0 fully saturated rings. The molecular weight excluding hydrogens is 251 g/mol. The topological polar surface area (TPSA) is 65.9 Å². The highest BCUT2D eigenvalue weighted by molar-refractivity contribution is 7.10. The summed E-state index contributed by atoms with van der Waals surface area (Å²) in [4.78, 5) is 1.77. The maximum absolute atomic E-state index is 13.5. The average molecular weight is 262 g/mol. The van der Waals surface area contributed by atoms with E-state index in [1.807, 2.05) is 6.07 Å². The van der Waals surface area contributed by atoms with Crippen molar-refractivity contribution >= 4 is 22.4 Å². The minimum absolute atomic E-state index is 0.220. The first-order valence-electron chi connectivity index (χ1n) is 5.23. The van der Waals surface area contributed by atoms with Crippen molar-refractivity contribution in [2.45, 2.75) is 6.54 Å². The predicted octanol–water partition coefficient (Wildman–Crippen LogP) is 2.37. The van der Waals surface area contributed by atoms with Crippen LogP contribution in [0, 0.1) is 17.1 Å². The van der Waals surface area contributed by atoms with Gasteiger partial charge in [-0.15, -0.1) is 0 Å². The Hall–Kier alpha value is -2.13. The smallest absolute Gasteiger partial charge is 0.157 e. The Bertz CT molecular complexity index is 602. The van der Waals surface area contributed by atoms with Gasteiger partial charge in [-0.2, -0.15) is 9.64 Å². The van der Waals surface area contributed by atoms with Gasteiger partial charge in [0.1, 0.15) is 22.5 Å². The molecule has 1 heterocycles. The number of aromatic nitrogens is 1. The lowest BCUT2D eigenvalue weighted by molar-refractivity contribution is 0.608. The standard InChI is InChI=1S/C12H11FN4S/c1-17(7-8-4-2-3-5-10(8)13)12-9(6-14)11(15)16-18-12/h2-5H,7H2,1H3,(H2,15,16). The lowest BCUT2D eigenvalue weighted by atomic mass is 10.2. The maximum Gasteiger partial charge on any atom is 0.157 e. The van der Waals surface area contributed by atoms with Crippen molar-refractivity contribution in [3.8, 4) is 6.07 Å². The number of hydrogen-bond donors (Lipinski definition) is 1. The van der Waals surface area contributed by atoms with E-state index in [1.54, 1.807) is 30.1 Å². The van der Waals surface area contributed by atoms with Crippen LogP contribution in [0.25, 0.3) is 0 Å². The van der Waals surface area contributed by atoms with Crippen LogP contribution in [0.15, 0.2) is 24.3 Å². The molecule has 0 atom stereocenters. The quantitative estimate of drug-likeness (QED) is 0.922. The van der Waals surface area contributed by atoms with E-state index in [2.05, 4.69) is 4.37 Å². The number of benzene rings is 1. The number of nitrogen functional groups attached to an aromatic ring is 1. The number of hydrogen-bond acceptors (Lipinski definition) is 5. The van der Waals surface area contributed by atoms with Crippen molar-refractivity contribution < 1.29 is 4.39 Å². The van der Waals surface area contributed by atoms with E-state index >= 15 is 0 Å². The SMILES string of the molecule is CN(Cc1ccccc1F)c1snc(N)c1C#N. The summed E-state index contributed by atoms with van der Waals surface area (Å²) < 4.78 is 17.5.